The first-order valence-corrected chi connectivity index (χ1v) is 24.0. The summed E-state index contributed by atoms with van der Waals surface area (Å²) in [6.07, 6.45) is 29.9. The van der Waals surface area contributed by atoms with E-state index in [4.69, 9.17) is 18.9 Å². The van der Waals surface area contributed by atoms with Crippen LogP contribution in [0, 0.1) is 10.8 Å². The van der Waals surface area contributed by atoms with Crippen LogP contribution < -0.4 is 20.1 Å². The van der Waals surface area contributed by atoms with E-state index in [0.29, 0.717) is 46.8 Å². The first kappa shape index (κ1) is 52.4. The number of anilines is 2. The summed E-state index contributed by atoms with van der Waals surface area (Å²) in [7, 11) is 0. The molecule has 2 atom stereocenters. The monoisotopic (exact) mass is 947 g/mol. The first-order valence-electron chi connectivity index (χ1n) is 24.0. The van der Waals surface area contributed by atoms with Gasteiger partial charge in [0.15, 0.2) is 11.6 Å². The number of hydrogen-bond acceptors (Lipinski definition) is 10. The van der Waals surface area contributed by atoms with Crippen molar-refractivity contribution in [2.45, 2.75) is 133 Å². The second-order valence-electron chi connectivity index (χ2n) is 21.0. The number of benzene rings is 2. The van der Waals surface area contributed by atoms with Crippen molar-refractivity contribution in [3.8, 4) is 11.5 Å². The van der Waals surface area contributed by atoms with Gasteiger partial charge in [0.1, 0.15) is 22.6 Å². The number of carbonyl (C=O) groups excluding carboxylic acids is 4. The van der Waals surface area contributed by atoms with Gasteiger partial charge >= 0.3 is 11.9 Å². The molecule has 2 aliphatic carbocycles. The van der Waals surface area contributed by atoms with Gasteiger partial charge in [-0.05, 0) is 124 Å². The number of cyclic esters (lactones) is 2. The molecule has 2 N–H and O–H groups in total. The Labute approximate surface area is 415 Å². The summed E-state index contributed by atoms with van der Waals surface area (Å²) >= 11 is 0. The van der Waals surface area contributed by atoms with Gasteiger partial charge in [-0.3, -0.25) is 9.59 Å². The minimum atomic E-state index is -1.03. The highest BCUT2D eigenvalue weighted by molar-refractivity contribution is 6.04. The number of hydrogen-bond donors (Lipinski definition) is 2. The molecule has 2 unspecified atom stereocenters. The van der Waals surface area contributed by atoms with E-state index in [1.54, 1.807) is 52.0 Å². The van der Waals surface area contributed by atoms with Crippen LogP contribution in [0.3, 0.4) is 0 Å². The zero-order chi connectivity index (χ0) is 51.3. The number of fused-ring (bicyclic) bond motifs is 2. The van der Waals surface area contributed by atoms with Gasteiger partial charge in [0.2, 0.25) is 11.6 Å². The minimum Gasteiger partial charge on any atom is -0.452 e. The third-order valence-electron chi connectivity index (χ3n) is 12.8. The van der Waals surface area contributed by atoms with Crippen molar-refractivity contribution in [1.82, 2.24) is 0 Å². The molecule has 2 heterocycles. The van der Waals surface area contributed by atoms with Crippen LogP contribution in [0.15, 0.2) is 166 Å². The molecule has 6 rings (SSSR count). The summed E-state index contributed by atoms with van der Waals surface area (Å²) in [5.74, 6) is -1.98. The van der Waals surface area contributed by atoms with Crippen LogP contribution in [0.4, 0.5) is 11.4 Å². The largest absolute Gasteiger partial charge is 0.452 e. The van der Waals surface area contributed by atoms with Crippen molar-refractivity contribution in [3.63, 3.8) is 0 Å². The molecule has 0 spiro atoms. The molecule has 0 saturated carbocycles. The molecule has 2 aromatic rings. The van der Waals surface area contributed by atoms with Crippen molar-refractivity contribution in [1.29, 1.82) is 0 Å². The van der Waals surface area contributed by atoms with E-state index in [-0.39, 0.29) is 22.4 Å². The van der Waals surface area contributed by atoms with Crippen LogP contribution in [-0.4, -0.2) is 47.2 Å². The van der Waals surface area contributed by atoms with Crippen molar-refractivity contribution < 1.29 is 38.1 Å². The van der Waals surface area contributed by atoms with Crippen LogP contribution in [0.1, 0.15) is 130 Å². The Morgan fingerprint density at radius 3 is 1.21 bits per heavy atom. The molecule has 10 nitrogen and oxygen atoms in total. The summed E-state index contributed by atoms with van der Waals surface area (Å²) in [5.41, 5.74) is 9.22. The fraction of sp³-hybridized carbons (Fsp3) is 0.367. The average Bonchev–Trinajstić information content (AvgIpc) is 3.25. The number of Topliss-reactive ketones (excluding diaryl/α,β-unsaturated/α-hetero) is 2. The van der Waals surface area contributed by atoms with Crippen molar-refractivity contribution in [2.24, 2.45) is 10.8 Å². The molecule has 4 aliphatic rings. The Bertz CT molecular complexity index is 2620. The van der Waals surface area contributed by atoms with E-state index >= 15 is 0 Å². The van der Waals surface area contributed by atoms with Gasteiger partial charge in [0.05, 0.1) is 12.1 Å². The average molecular weight is 947 g/mol. The van der Waals surface area contributed by atoms with Gasteiger partial charge in [-0.15, -0.1) is 0 Å². The molecule has 0 saturated heterocycles. The van der Waals surface area contributed by atoms with Crippen molar-refractivity contribution in [2.75, 3.05) is 10.6 Å². The summed E-state index contributed by atoms with van der Waals surface area (Å²) in [6.45, 7) is 27.3. The quantitative estimate of drug-likeness (QED) is 0.139. The number of rotatable bonds is 14. The Balaban J connectivity index is 0.985. The van der Waals surface area contributed by atoms with Crippen molar-refractivity contribution in [3.05, 3.63) is 177 Å². The highest BCUT2D eigenvalue weighted by Gasteiger charge is 2.40. The Morgan fingerprint density at radius 1 is 0.500 bits per heavy atom. The molecule has 0 fully saturated rings. The summed E-state index contributed by atoms with van der Waals surface area (Å²) in [6, 6.07) is 9.63. The lowest BCUT2D eigenvalue weighted by atomic mass is 9.70. The fourth-order valence-corrected chi connectivity index (χ4v) is 9.20. The van der Waals surface area contributed by atoms with Gasteiger partial charge in [-0.2, -0.15) is 0 Å². The van der Waals surface area contributed by atoms with E-state index in [9.17, 15) is 19.2 Å². The molecule has 10 heteroatoms. The lowest BCUT2D eigenvalue weighted by Gasteiger charge is -2.37. The van der Waals surface area contributed by atoms with E-state index in [1.807, 2.05) is 64.1 Å². The third-order valence-corrected chi connectivity index (χ3v) is 12.8. The highest BCUT2D eigenvalue weighted by Crippen LogP contribution is 2.43. The van der Waals surface area contributed by atoms with Gasteiger partial charge in [-0.25, -0.2) is 9.59 Å². The highest BCUT2D eigenvalue weighted by atomic mass is 16.7. The fourth-order valence-electron chi connectivity index (χ4n) is 9.20. The maximum atomic E-state index is 13.6. The number of carbonyl (C=O) groups is 4. The topological polar surface area (TPSA) is 129 Å². The van der Waals surface area contributed by atoms with Crippen LogP contribution in [0.2, 0.25) is 0 Å². The molecular formula is C60H70N2O8. The molecule has 0 amide bonds. The van der Waals surface area contributed by atoms with Crippen LogP contribution in [0.25, 0.3) is 0 Å². The van der Waals surface area contributed by atoms with Gasteiger partial charge in [0, 0.05) is 39.1 Å². The molecule has 2 aliphatic heterocycles. The van der Waals surface area contributed by atoms with Gasteiger partial charge in [0.25, 0.3) is 0 Å². The Kier molecular flexibility index (Phi) is 15.7. The lowest BCUT2D eigenvalue weighted by Crippen LogP contribution is -2.41. The SMILES string of the molecule is CC1=C(/C=C/C(C)=C/C=C/C(C)=C/C=C/C=C(C)/C=C/C=C(C)/C=C/C2=C(C)C(=O)C(Nc3ccc4c(c3)C(=O)OC(C)(C)O4)CC2(C)C)C(C)(C)CC(Nc2ccc3c(c2)C(=O)OC(C)(C)O3)C1=O. The predicted molar refractivity (Wildman–Crippen MR) is 281 cm³/mol. The maximum Gasteiger partial charge on any atom is 0.345 e. The lowest BCUT2D eigenvalue weighted by molar-refractivity contribution is -0.128. The van der Waals surface area contributed by atoms with E-state index < -0.39 is 35.6 Å². The van der Waals surface area contributed by atoms with Gasteiger partial charge < -0.3 is 29.6 Å². The summed E-state index contributed by atoms with van der Waals surface area (Å²) in [5, 5.41) is 6.73. The molecule has 2 aromatic carbocycles. The molecule has 0 bridgehead atoms. The smallest absolute Gasteiger partial charge is 0.345 e. The number of ketones is 2. The summed E-state index contributed by atoms with van der Waals surface area (Å²) in [4.78, 5) is 52.5. The number of nitrogens with one attached hydrogen (secondary N) is 2. The second-order valence-corrected chi connectivity index (χ2v) is 21.0. The number of ether oxygens (including phenoxy) is 4. The standard InChI is InChI=1S/C60H70N2O8/c1-37(21-17-23-39(3)25-29-47-41(5)53(63)49(35-57(47,7)8)61-43-27-31-51-45(33-43)55(65)69-59(11,12)67-51)19-15-16-20-38(2)22-18-24-40(4)26-30-48-42(6)54(64)50(36-58(48,9)10)62-44-28-32-52-46(34-44)56(66)70-60(13,14)68-52/h15-34,49-50,61-62H,35-36H2,1-14H3/b16-15+,21-17+,22-18+,29-25+,30-26+,37-19+,38-20+,39-23+,40-24+. The summed E-state index contributed by atoms with van der Waals surface area (Å²) < 4.78 is 22.4. The van der Waals surface area contributed by atoms with Crippen LogP contribution >= 0.6 is 0 Å². The minimum absolute atomic E-state index is 0.0303. The maximum absolute atomic E-state index is 13.6. The van der Waals surface area contributed by atoms with Crippen LogP contribution in [0.5, 0.6) is 11.5 Å². The molecule has 0 radical (unpaired) electrons. The zero-order valence-electron chi connectivity index (χ0n) is 43.4. The van der Waals surface area contributed by atoms with E-state index in [0.717, 1.165) is 44.6 Å². The van der Waals surface area contributed by atoms with E-state index in [2.05, 4.69) is 113 Å². The predicted octanol–water partition coefficient (Wildman–Crippen LogP) is 13.7. The van der Waals surface area contributed by atoms with Gasteiger partial charge in [-0.1, -0.05) is 135 Å². The van der Waals surface area contributed by atoms with Crippen LogP contribution in [-0.2, 0) is 19.1 Å². The van der Waals surface area contributed by atoms with Crippen molar-refractivity contribution >= 4 is 34.9 Å². The third kappa shape index (κ3) is 13.0. The number of allylic oxidation sites excluding steroid dienone is 20. The molecule has 70 heavy (non-hydrogen) atoms. The molecule has 0 aromatic heterocycles. The van der Waals surface area contributed by atoms with E-state index in [1.165, 1.54) is 0 Å². The second kappa shape index (κ2) is 21.0. The first-order chi connectivity index (χ1) is 32.7. The molecular weight excluding hydrogens is 877 g/mol. The Morgan fingerprint density at radius 2 is 0.843 bits per heavy atom. The zero-order valence-corrected chi connectivity index (χ0v) is 43.4. The normalized spacial score (nSPS) is 22.7. The number of esters is 2. The Hall–Kier alpha value is -6.94. The molecule has 368 valence electrons.